The van der Waals surface area contributed by atoms with Gasteiger partial charge in [-0.3, -0.25) is 20.2 Å². The van der Waals surface area contributed by atoms with E-state index in [-0.39, 0.29) is 17.9 Å². The summed E-state index contributed by atoms with van der Waals surface area (Å²) in [5.41, 5.74) is 0. The Bertz CT molecular complexity index is 347. The van der Waals surface area contributed by atoms with E-state index in [1.807, 2.05) is 20.8 Å². The Kier molecular flexibility index (Phi) is 6.02. The Morgan fingerprint density at radius 1 is 1.37 bits per heavy atom. The van der Waals surface area contributed by atoms with Crippen molar-refractivity contribution in [3.05, 3.63) is 12.2 Å². The lowest BCUT2D eigenvalue weighted by atomic mass is 9.98. The minimum Gasteiger partial charge on any atom is -0.381 e. The number of hydrogen-bond acceptors (Lipinski definition) is 3. The van der Waals surface area contributed by atoms with Crippen LogP contribution >= 0.6 is 0 Å². The zero-order valence-corrected chi connectivity index (χ0v) is 12.3. The molecule has 0 saturated carbocycles. The van der Waals surface area contributed by atoms with Gasteiger partial charge in [-0.25, -0.2) is 0 Å². The maximum Gasteiger partial charge on any atom is 0.264 e. The van der Waals surface area contributed by atoms with Crippen LogP contribution in [0.3, 0.4) is 0 Å². The normalized spacial score (nSPS) is 16.9. The van der Waals surface area contributed by atoms with Gasteiger partial charge in [-0.15, -0.1) is 0 Å². The molecule has 1 amide bonds. The van der Waals surface area contributed by atoms with E-state index >= 15 is 0 Å². The number of allylic oxidation sites excluding steroid dienone is 1. The monoisotopic (exact) mass is 267 g/mol. The van der Waals surface area contributed by atoms with Crippen molar-refractivity contribution < 1.29 is 9.53 Å². The summed E-state index contributed by atoms with van der Waals surface area (Å²) in [6.45, 7) is 7.20. The van der Waals surface area contributed by atoms with Crippen molar-refractivity contribution >= 4 is 11.7 Å². The van der Waals surface area contributed by atoms with Gasteiger partial charge in [-0.2, -0.15) is 0 Å². The summed E-state index contributed by atoms with van der Waals surface area (Å²) in [4.78, 5) is 12.0. The molecule has 1 fully saturated rings. The van der Waals surface area contributed by atoms with Crippen LogP contribution in [0.5, 0.6) is 0 Å². The second-order valence-corrected chi connectivity index (χ2v) is 5.07. The molecule has 5 nitrogen and oxygen atoms in total. The van der Waals surface area contributed by atoms with Crippen LogP contribution in [0.1, 0.15) is 33.6 Å². The van der Waals surface area contributed by atoms with E-state index in [0.29, 0.717) is 19.0 Å². The van der Waals surface area contributed by atoms with Crippen LogP contribution in [0.25, 0.3) is 0 Å². The Morgan fingerprint density at radius 3 is 2.42 bits per heavy atom. The Balaban J connectivity index is 2.81. The Morgan fingerprint density at radius 2 is 1.95 bits per heavy atom. The molecule has 0 unspecified atom stereocenters. The minimum absolute atomic E-state index is 0.0783. The molecule has 108 valence electrons. The van der Waals surface area contributed by atoms with Crippen LogP contribution in [0.2, 0.25) is 0 Å². The van der Waals surface area contributed by atoms with Crippen molar-refractivity contribution in [2.75, 3.05) is 20.3 Å². The van der Waals surface area contributed by atoms with Gasteiger partial charge in [-0.05, 0) is 33.6 Å². The number of amides is 1. The van der Waals surface area contributed by atoms with Crippen LogP contribution < -0.4 is 0 Å². The number of carbonyl (C=O) groups excluding carboxylic acids is 1. The van der Waals surface area contributed by atoms with E-state index in [4.69, 9.17) is 10.1 Å². The first kappa shape index (κ1) is 15.7. The molecule has 1 heterocycles. The molecule has 0 aliphatic carbocycles. The highest BCUT2D eigenvalue weighted by Crippen LogP contribution is 2.20. The molecular weight excluding hydrogens is 242 g/mol. The first-order valence-corrected chi connectivity index (χ1v) is 6.84. The first-order chi connectivity index (χ1) is 8.99. The van der Waals surface area contributed by atoms with E-state index < -0.39 is 0 Å². The van der Waals surface area contributed by atoms with Crippen molar-refractivity contribution in [1.82, 2.24) is 10.0 Å². The summed E-state index contributed by atoms with van der Waals surface area (Å²) < 4.78 is 5.33. The highest BCUT2D eigenvalue weighted by Gasteiger charge is 2.28. The number of likely N-dealkylation sites (N-methyl/N-ethyl adjacent to an activating group) is 1. The largest absolute Gasteiger partial charge is 0.381 e. The quantitative estimate of drug-likeness (QED) is 0.368. The van der Waals surface area contributed by atoms with E-state index in [9.17, 15) is 4.79 Å². The fraction of sp³-hybridized carbons (Fsp3) is 0.714. The fourth-order valence-electron chi connectivity index (χ4n) is 2.30. The maximum atomic E-state index is 12.0. The number of hydrogen-bond donors (Lipinski definition) is 1. The van der Waals surface area contributed by atoms with E-state index in [2.05, 4.69) is 0 Å². The van der Waals surface area contributed by atoms with Crippen LogP contribution in [0.15, 0.2) is 12.2 Å². The SMILES string of the molecule is C/C=C\C(=O)N(C)N(C(=N)C1CCOCC1)C(C)C. The summed E-state index contributed by atoms with van der Waals surface area (Å²) in [6, 6.07) is 0.0783. The van der Waals surface area contributed by atoms with Gasteiger partial charge in [0.2, 0.25) is 0 Å². The fourth-order valence-corrected chi connectivity index (χ4v) is 2.30. The lowest BCUT2D eigenvalue weighted by Crippen LogP contribution is -2.53. The van der Waals surface area contributed by atoms with Gasteiger partial charge in [0.1, 0.15) is 5.84 Å². The highest BCUT2D eigenvalue weighted by molar-refractivity contribution is 5.90. The molecule has 1 saturated heterocycles. The van der Waals surface area contributed by atoms with Crippen molar-refractivity contribution in [2.45, 2.75) is 39.7 Å². The van der Waals surface area contributed by atoms with Gasteiger partial charge >= 0.3 is 0 Å². The van der Waals surface area contributed by atoms with Crippen LogP contribution in [0, 0.1) is 11.3 Å². The summed E-state index contributed by atoms with van der Waals surface area (Å²) in [6.07, 6.45) is 4.95. The van der Waals surface area contributed by atoms with Crippen LogP contribution in [-0.2, 0) is 9.53 Å². The van der Waals surface area contributed by atoms with Gasteiger partial charge in [0.25, 0.3) is 5.91 Å². The molecular formula is C14H25N3O2. The second-order valence-electron chi connectivity index (χ2n) is 5.07. The summed E-state index contributed by atoms with van der Waals surface area (Å²) in [5, 5.41) is 11.7. The molecule has 0 aromatic heterocycles. The predicted octanol–water partition coefficient (Wildman–Crippen LogP) is 2.05. The summed E-state index contributed by atoms with van der Waals surface area (Å²) in [7, 11) is 1.72. The molecule has 1 rings (SSSR count). The molecule has 0 atom stereocenters. The molecule has 1 N–H and O–H groups in total. The number of amidine groups is 1. The summed E-state index contributed by atoms with van der Waals surface area (Å²) in [5.74, 6) is 0.587. The lowest BCUT2D eigenvalue weighted by Gasteiger charge is -2.39. The molecule has 19 heavy (non-hydrogen) atoms. The third-order valence-corrected chi connectivity index (χ3v) is 3.30. The zero-order valence-electron chi connectivity index (χ0n) is 12.3. The standard InChI is InChI=1S/C14H25N3O2/c1-5-6-13(18)16(4)17(11(2)3)14(15)12-7-9-19-10-8-12/h5-6,11-12,15H,7-10H2,1-4H3/b6-5-,15-14?. The average Bonchev–Trinajstić information content (AvgIpc) is 2.39. The third-order valence-electron chi connectivity index (χ3n) is 3.30. The van der Waals surface area contributed by atoms with E-state index in [0.717, 1.165) is 12.8 Å². The average molecular weight is 267 g/mol. The Hall–Kier alpha value is -1.36. The number of nitrogens with zero attached hydrogens (tertiary/aromatic N) is 2. The van der Waals surface area contributed by atoms with E-state index in [1.54, 1.807) is 18.1 Å². The number of hydrazine groups is 1. The molecule has 0 spiro atoms. The maximum absolute atomic E-state index is 12.0. The number of nitrogens with one attached hydrogen (secondary N) is 1. The third kappa shape index (κ3) is 4.06. The van der Waals surface area contributed by atoms with Gasteiger partial charge in [0.15, 0.2) is 0 Å². The minimum atomic E-state index is -0.104. The molecule has 0 aromatic carbocycles. The van der Waals surface area contributed by atoms with Gasteiger partial charge in [-0.1, -0.05) is 6.08 Å². The van der Waals surface area contributed by atoms with Crippen molar-refractivity contribution in [3.8, 4) is 0 Å². The number of carbonyl (C=O) groups is 1. The highest BCUT2D eigenvalue weighted by atomic mass is 16.5. The summed E-state index contributed by atoms with van der Waals surface area (Å²) >= 11 is 0. The topological polar surface area (TPSA) is 56.6 Å². The van der Waals surface area contributed by atoms with Gasteiger partial charge < -0.3 is 4.74 Å². The van der Waals surface area contributed by atoms with E-state index in [1.165, 1.54) is 11.1 Å². The second kappa shape index (κ2) is 7.28. The van der Waals surface area contributed by atoms with Gasteiger partial charge in [0, 0.05) is 38.3 Å². The number of ether oxygens (including phenoxy) is 1. The molecule has 0 bridgehead atoms. The van der Waals surface area contributed by atoms with Crippen LogP contribution in [-0.4, -0.2) is 48.1 Å². The van der Waals surface area contributed by atoms with Crippen molar-refractivity contribution in [2.24, 2.45) is 5.92 Å². The molecule has 0 radical (unpaired) electrons. The molecule has 1 aliphatic heterocycles. The van der Waals surface area contributed by atoms with Crippen molar-refractivity contribution in [1.29, 1.82) is 5.41 Å². The lowest BCUT2D eigenvalue weighted by molar-refractivity contribution is -0.136. The van der Waals surface area contributed by atoms with Gasteiger partial charge in [0.05, 0.1) is 0 Å². The Labute approximate surface area is 115 Å². The first-order valence-electron chi connectivity index (χ1n) is 6.84. The molecule has 1 aliphatic rings. The smallest absolute Gasteiger partial charge is 0.264 e. The predicted molar refractivity (Wildman–Crippen MR) is 75.8 cm³/mol. The molecule has 0 aromatic rings. The van der Waals surface area contributed by atoms with Crippen LogP contribution in [0.4, 0.5) is 0 Å². The molecule has 5 heteroatoms. The van der Waals surface area contributed by atoms with Crippen molar-refractivity contribution in [3.63, 3.8) is 0 Å². The number of rotatable bonds is 3. The zero-order chi connectivity index (χ0) is 14.4.